The van der Waals surface area contributed by atoms with E-state index in [0.29, 0.717) is 6.04 Å². The molecular weight excluding hydrogens is 236 g/mol. The van der Waals surface area contributed by atoms with Gasteiger partial charge >= 0.3 is 0 Å². The van der Waals surface area contributed by atoms with E-state index in [-0.39, 0.29) is 11.9 Å². The molecule has 0 bridgehead atoms. The smallest absolute Gasteiger partial charge is 0.239 e. The Hall–Kier alpha value is -1.35. The quantitative estimate of drug-likeness (QED) is 0.880. The van der Waals surface area contributed by atoms with Crippen molar-refractivity contribution in [1.82, 2.24) is 10.2 Å². The van der Waals surface area contributed by atoms with Crippen molar-refractivity contribution in [1.29, 1.82) is 0 Å². The summed E-state index contributed by atoms with van der Waals surface area (Å²) in [6.07, 6.45) is 3.02. The molecule has 1 atom stereocenters. The zero-order chi connectivity index (χ0) is 13.7. The van der Waals surface area contributed by atoms with Crippen LogP contribution in [0.25, 0.3) is 0 Å². The van der Waals surface area contributed by atoms with Crippen LogP contribution >= 0.6 is 0 Å². The molecule has 0 radical (unpaired) electrons. The summed E-state index contributed by atoms with van der Waals surface area (Å²) in [5.41, 5.74) is 1.30. The summed E-state index contributed by atoms with van der Waals surface area (Å²) in [5.74, 6) is 0.274. The van der Waals surface area contributed by atoms with Crippen LogP contribution in [0.3, 0.4) is 0 Å². The highest BCUT2D eigenvalue weighted by Crippen LogP contribution is 2.13. The number of benzene rings is 1. The van der Waals surface area contributed by atoms with E-state index in [1.807, 2.05) is 11.0 Å². The molecule has 0 saturated carbocycles. The average Bonchev–Trinajstić information content (AvgIpc) is 2.40. The summed E-state index contributed by atoms with van der Waals surface area (Å²) >= 11 is 0. The van der Waals surface area contributed by atoms with Gasteiger partial charge in [-0.1, -0.05) is 44.2 Å². The lowest BCUT2D eigenvalue weighted by Gasteiger charge is -2.33. The second-order valence-corrected chi connectivity index (χ2v) is 5.58. The Balaban J connectivity index is 1.87. The predicted octanol–water partition coefficient (Wildman–Crippen LogP) is 2.22. The van der Waals surface area contributed by atoms with E-state index >= 15 is 0 Å². The van der Waals surface area contributed by atoms with Crippen LogP contribution in [0.5, 0.6) is 0 Å². The van der Waals surface area contributed by atoms with E-state index in [1.165, 1.54) is 5.56 Å². The molecule has 1 aliphatic rings. The molecule has 19 heavy (non-hydrogen) atoms. The van der Waals surface area contributed by atoms with E-state index < -0.39 is 0 Å². The summed E-state index contributed by atoms with van der Waals surface area (Å²) in [6.45, 7) is 5.92. The van der Waals surface area contributed by atoms with Gasteiger partial charge in [-0.3, -0.25) is 4.79 Å². The summed E-state index contributed by atoms with van der Waals surface area (Å²) in [7, 11) is 0. The van der Waals surface area contributed by atoms with Crippen LogP contribution in [0.1, 0.15) is 32.3 Å². The summed E-state index contributed by atoms with van der Waals surface area (Å²) in [5, 5.41) is 3.37. The third-order valence-corrected chi connectivity index (χ3v) is 3.58. The minimum Gasteiger partial charge on any atom is -0.341 e. The molecule has 0 aromatic heterocycles. The summed E-state index contributed by atoms with van der Waals surface area (Å²) < 4.78 is 0. The Labute approximate surface area is 116 Å². The van der Waals surface area contributed by atoms with E-state index in [1.54, 1.807) is 0 Å². The van der Waals surface area contributed by atoms with Crippen LogP contribution in [-0.4, -0.2) is 36.0 Å². The van der Waals surface area contributed by atoms with Crippen molar-refractivity contribution < 1.29 is 4.79 Å². The highest BCUT2D eigenvalue weighted by Gasteiger charge is 2.28. The first-order valence-electron chi connectivity index (χ1n) is 7.25. The number of nitrogens with zero attached hydrogens (tertiary/aromatic N) is 1. The number of nitrogens with one attached hydrogen (secondary N) is 1. The van der Waals surface area contributed by atoms with Gasteiger partial charge in [0.2, 0.25) is 5.91 Å². The SMILES string of the molecule is CC(C)NC1CCCN(CCc2ccccc2)C1=O. The molecule has 1 fully saturated rings. The maximum Gasteiger partial charge on any atom is 0.239 e. The Morgan fingerprint density at radius 3 is 2.74 bits per heavy atom. The van der Waals surface area contributed by atoms with Crippen molar-refractivity contribution in [2.45, 2.75) is 45.2 Å². The molecule has 1 saturated heterocycles. The fourth-order valence-corrected chi connectivity index (χ4v) is 2.63. The van der Waals surface area contributed by atoms with E-state index in [9.17, 15) is 4.79 Å². The number of carbonyl (C=O) groups excluding carboxylic acids is 1. The van der Waals surface area contributed by atoms with Gasteiger partial charge in [0.15, 0.2) is 0 Å². The van der Waals surface area contributed by atoms with Gasteiger partial charge in [-0.25, -0.2) is 0 Å². The molecule has 104 valence electrons. The molecule has 0 aliphatic carbocycles. The zero-order valence-electron chi connectivity index (χ0n) is 11.9. The first-order valence-corrected chi connectivity index (χ1v) is 7.25. The number of piperidine rings is 1. The number of carbonyl (C=O) groups is 1. The number of hydrogen-bond donors (Lipinski definition) is 1. The number of rotatable bonds is 5. The normalized spacial score (nSPS) is 20.1. The second kappa shape index (κ2) is 6.71. The minimum atomic E-state index is 0.0181. The number of amides is 1. The van der Waals surface area contributed by atoms with Gasteiger partial charge in [0.1, 0.15) is 0 Å². The molecular formula is C16H24N2O. The molecule has 1 aromatic rings. The van der Waals surface area contributed by atoms with Crippen molar-refractivity contribution in [2.75, 3.05) is 13.1 Å². The van der Waals surface area contributed by atoms with Crippen molar-refractivity contribution in [3.8, 4) is 0 Å². The highest BCUT2D eigenvalue weighted by molar-refractivity contribution is 5.82. The first kappa shape index (κ1) is 14.1. The first-order chi connectivity index (χ1) is 9.16. The zero-order valence-corrected chi connectivity index (χ0v) is 11.9. The van der Waals surface area contributed by atoms with Crippen LogP contribution in [0.15, 0.2) is 30.3 Å². The Kier molecular flexibility index (Phi) is 4.97. The van der Waals surface area contributed by atoms with Crippen molar-refractivity contribution in [2.24, 2.45) is 0 Å². The van der Waals surface area contributed by atoms with Crippen LogP contribution in [0.4, 0.5) is 0 Å². The van der Waals surface area contributed by atoms with Crippen molar-refractivity contribution in [3.05, 3.63) is 35.9 Å². The van der Waals surface area contributed by atoms with Gasteiger partial charge in [0.05, 0.1) is 6.04 Å². The molecule has 0 spiro atoms. The van der Waals surface area contributed by atoms with Crippen LogP contribution in [0.2, 0.25) is 0 Å². The number of likely N-dealkylation sites (tertiary alicyclic amines) is 1. The molecule has 3 nitrogen and oxygen atoms in total. The largest absolute Gasteiger partial charge is 0.341 e. The predicted molar refractivity (Wildman–Crippen MR) is 78.0 cm³/mol. The van der Waals surface area contributed by atoms with Gasteiger partial charge in [-0.05, 0) is 24.8 Å². The van der Waals surface area contributed by atoms with E-state index in [4.69, 9.17) is 0 Å². The monoisotopic (exact) mass is 260 g/mol. The second-order valence-electron chi connectivity index (χ2n) is 5.58. The standard InChI is InChI=1S/C16H24N2O/c1-13(2)17-15-9-6-11-18(16(15)19)12-10-14-7-4-3-5-8-14/h3-5,7-8,13,15,17H,6,9-12H2,1-2H3. The molecule has 1 amide bonds. The molecule has 1 heterocycles. The lowest BCUT2D eigenvalue weighted by molar-refractivity contribution is -0.136. The van der Waals surface area contributed by atoms with Gasteiger partial charge < -0.3 is 10.2 Å². The fourth-order valence-electron chi connectivity index (χ4n) is 2.63. The molecule has 1 aromatic carbocycles. The van der Waals surface area contributed by atoms with E-state index in [2.05, 4.69) is 43.4 Å². The maximum absolute atomic E-state index is 12.3. The van der Waals surface area contributed by atoms with E-state index in [0.717, 1.165) is 32.4 Å². The number of hydrogen-bond acceptors (Lipinski definition) is 2. The topological polar surface area (TPSA) is 32.3 Å². The maximum atomic E-state index is 12.3. The highest BCUT2D eigenvalue weighted by atomic mass is 16.2. The van der Waals surface area contributed by atoms with Gasteiger partial charge in [0, 0.05) is 19.1 Å². The molecule has 2 rings (SSSR count). The average molecular weight is 260 g/mol. The molecule has 1 N–H and O–H groups in total. The lowest BCUT2D eigenvalue weighted by atomic mass is 10.0. The Morgan fingerprint density at radius 2 is 2.05 bits per heavy atom. The van der Waals surface area contributed by atoms with Crippen LogP contribution in [0, 0.1) is 0 Å². The third-order valence-electron chi connectivity index (χ3n) is 3.58. The molecule has 1 unspecified atom stereocenters. The lowest BCUT2D eigenvalue weighted by Crippen LogP contribution is -2.52. The fraction of sp³-hybridized carbons (Fsp3) is 0.562. The Bertz CT molecular complexity index is 402. The van der Waals surface area contributed by atoms with Crippen LogP contribution < -0.4 is 5.32 Å². The van der Waals surface area contributed by atoms with Gasteiger partial charge in [-0.2, -0.15) is 0 Å². The third kappa shape index (κ3) is 4.06. The minimum absolute atomic E-state index is 0.0181. The van der Waals surface area contributed by atoms with Gasteiger partial charge in [-0.15, -0.1) is 0 Å². The van der Waals surface area contributed by atoms with Crippen LogP contribution in [-0.2, 0) is 11.2 Å². The molecule has 1 aliphatic heterocycles. The van der Waals surface area contributed by atoms with Crippen molar-refractivity contribution in [3.63, 3.8) is 0 Å². The Morgan fingerprint density at radius 1 is 1.32 bits per heavy atom. The van der Waals surface area contributed by atoms with Gasteiger partial charge in [0.25, 0.3) is 0 Å². The molecule has 3 heteroatoms. The summed E-state index contributed by atoms with van der Waals surface area (Å²) in [4.78, 5) is 14.4. The van der Waals surface area contributed by atoms with Crippen molar-refractivity contribution >= 4 is 5.91 Å². The summed E-state index contributed by atoms with van der Waals surface area (Å²) in [6, 6.07) is 10.8.